The maximum atomic E-state index is 9.01. The Hall–Kier alpha value is -3.41. The number of rotatable bonds is 6. The molecule has 2 unspecified atom stereocenters. The van der Waals surface area contributed by atoms with Gasteiger partial charge in [-0.25, -0.2) is 0 Å². The number of likely N-dealkylation sites (tertiary alicyclic amines) is 1. The van der Waals surface area contributed by atoms with E-state index in [1.807, 2.05) is 0 Å². The molecule has 1 aromatic heterocycles. The van der Waals surface area contributed by atoms with Crippen molar-refractivity contribution in [2.75, 3.05) is 56.7 Å². The minimum Gasteiger partial charge on any atom is -0.467 e. The maximum absolute atomic E-state index is 9.01. The van der Waals surface area contributed by atoms with Gasteiger partial charge in [-0.05, 0) is 82.1 Å². The molecule has 2 aromatic carbocycles. The largest absolute Gasteiger partial charge is 0.467 e. The molecule has 2 atom stereocenters. The summed E-state index contributed by atoms with van der Waals surface area (Å²) in [4.78, 5) is 17.0. The second-order valence-electron chi connectivity index (χ2n) is 12.0. The topological polar surface area (TPSA) is 80.6 Å². The zero-order valence-electron chi connectivity index (χ0n) is 24.6. The third-order valence-electron chi connectivity index (χ3n) is 9.10. The number of nitriles is 1. The molecule has 8 heteroatoms. The molecule has 0 aliphatic carbocycles. The van der Waals surface area contributed by atoms with Crippen LogP contribution in [0.4, 0.5) is 11.5 Å². The lowest BCUT2D eigenvalue weighted by Crippen LogP contribution is -2.52. The van der Waals surface area contributed by atoms with E-state index in [0.717, 1.165) is 57.0 Å². The van der Waals surface area contributed by atoms with Crippen molar-refractivity contribution in [3.05, 3.63) is 53.2 Å². The van der Waals surface area contributed by atoms with Gasteiger partial charge in [-0.3, -0.25) is 0 Å². The second kappa shape index (κ2) is 12.6. The molecule has 4 aliphatic rings. The average Bonchev–Trinajstić information content (AvgIpc) is 3.63. The monoisotopic (exact) mass is 553 g/mol. The standard InChI is InChI=1S/C28H32N6O.C5H11N/c1-35-28-31-24-18-33(15-13-23(24)27(32-28)34-16-21-11-12-22(17-34)30-21)25-10-5-9-20-8-4-7-19(26(20)25)6-2-3-14-29;1-6-4-2-3-5-6/h4-5,7-10,21-22,30H,2-3,6,11-13,15-18H2,1H3;2-5H2,1H3. The van der Waals surface area contributed by atoms with E-state index in [-0.39, 0.29) is 0 Å². The van der Waals surface area contributed by atoms with Crippen molar-refractivity contribution < 1.29 is 4.74 Å². The summed E-state index contributed by atoms with van der Waals surface area (Å²) in [6.07, 6.45) is 8.62. The number of aryl methyl sites for hydroxylation is 1. The molecule has 3 aromatic rings. The van der Waals surface area contributed by atoms with Crippen LogP contribution >= 0.6 is 0 Å². The van der Waals surface area contributed by atoms with Gasteiger partial charge in [0.15, 0.2) is 0 Å². The van der Waals surface area contributed by atoms with Gasteiger partial charge in [0.2, 0.25) is 0 Å². The lowest BCUT2D eigenvalue weighted by Gasteiger charge is -2.37. The minimum atomic E-state index is 0.460. The number of unbranched alkanes of at least 4 members (excludes halogenated alkanes) is 1. The number of ether oxygens (including phenoxy) is 1. The van der Waals surface area contributed by atoms with Crippen LogP contribution in [0.25, 0.3) is 10.8 Å². The third kappa shape index (κ3) is 6.12. The number of piperazine rings is 1. The summed E-state index contributed by atoms with van der Waals surface area (Å²) < 4.78 is 5.56. The molecular weight excluding hydrogens is 510 g/mol. The highest BCUT2D eigenvalue weighted by Crippen LogP contribution is 2.36. The summed E-state index contributed by atoms with van der Waals surface area (Å²) >= 11 is 0. The number of nitrogens with one attached hydrogen (secondary N) is 1. The van der Waals surface area contributed by atoms with Gasteiger partial charge >= 0.3 is 6.01 Å². The smallest absolute Gasteiger partial charge is 0.318 e. The Labute approximate surface area is 244 Å². The van der Waals surface area contributed by atoms with Crippen molar-refractivity contribution in [3.63, 3.8) is 0 Å². The van der Waals surface area contributed by atoms with Crippen molar-refractivity contribution in [3.8, 4) is 12.1 Å². The lowest BCUT2D eigenvalue weighted by atomic mass is 9.96. The molecule has 1 N–H and O–H groups in total. The van der Waals surface area contributed by atoms with Gasteiger partial charge in [-0.15, -0.1) is 0 Å². The zero-order chi connectivity index (χ0) is 28.2. The van der Waals surface area contributed by atoms with Crippen LogP contribution in [0.1, 0.15) is 55.3 Å². The number of methoxy groups -OCH3 is 1. The van der Waals surface area contributed by atoms with Crippen molar-refractivity contribution in [2.45, 2.75) is 70.0 Å². The van der Waals surface area contributed by atoms with E-state index < -0.39 is 0 Å². The number of benzene rings is 2. The van der Waals surface area contributed by atoms with Crippen molar-refractivity contribution in [1.29, 1.82) is 5.26 Å². The summed E-state index contributed by atoms with van der Waals surface area (Å²) in [6, 6.07) is 16.9. The number of hydrogen-bond acceptors (Lipinski definition) is 8. The van der Waals surface area contributed by atoms with Gasteiger partial charge in [0.25, 0.3) is 0 Å². The van der Waals surface area contributed by atoms with E-state index in [1.54, 1.807) is 7.11 Å². The Kier molecular flexibility index (Phi) is 8.54. The predicted molar refractivity (Wildman–Crippen MR) is 165 cm³/mol. The Bertz CT molecular complexity index is 1380. The molecular formula is C33H43N7O. The lowest BCUT2D eigenvalue weighted by molar-refractivity contribution is 0.374. The van der Waals surface area contributed by atoms with Crippen LogP contribution in [0.3, 0.4) is 0 Å². The van der Waals surface area contributed by atoms with Crippen molar-refractivity contribution >= 4 is 22.3 Å². The first-order valence-corrected chi connectivity index (χ1v) is 15.4. The highest BCUT2D eigenvalue weighted by molar-refractivity contribution is 5.97. The Morgan fingerprint density at radius 2 is 1.76 bits per heavy atom. The number of aromatic nitrogens is 2. The minimum absolute atomic E-state index is 0.460. The molecule has 0 spiro atoms. The molecule has 216 valence electrons. The quantitative estimate of drug-likeness (QED) is 0.440. The van der Waals surface area contributed by atoms with Crippen LogP contribution < -0.4 is 19.9 Å². The third-order valence-corrected chi connectivity index (χ3v) is 9.10. The fourth-order valence-corrected chi connectivity index (χ4v) is 7.02. The van der Waals surface area contributed by atoms with E-state index in [4.69, 9.17) is 20.0 Å². The van der Waals surface area contributed by atoms with Gasteiger partial charge in [-0.1, -0.05) is 30.3 Å². The molecule has 0 amide bonds. The molecule has 0 radical (unpaired) electrons. The Morgan fingerprint density at radius 1 is 1.00 bits per heavy atom. The van der Waals surface area contributed by atoms with Crippen LogP contribution in [0.2, 0.25) is 0 Å². The molecule has 5 heterocycles. The van der Waals surface area contributed by atoms with Gasteiger partial charge in [0.1, 0.15) is 5.82 Å². The van der Waals surface area contributed by atoms with Crippen molar-refractivity contribution in [2.24, 2.45) is 0 Å². The van der Waals surface area contributed by atoms with E-state index >= 15 is 0 Å². The van der Waals surface area contributed by atoms with Crippen molar-refractivity contribution in [1.82, 2.24) is 20.2 Å². The zero-order valence-corrected chi connectivity index (χ0v) is 24.6. The summed E-state index contributed by atoms with van der Waals surface area (Å²) in [6.45, 7) is 6.32. The average molecular weight is 554 g/mol. The first kappa shape index (κ1) is 27.7. The molecule has 41 heavy (non-hydrogen) atoms. The molecule has 0 saturated carbocycles. The summed E-state index contributed by atoms with van der Waals surface area (Å²) in [7, 11) is 3.83. The van der Waals surface area contributed by atoms with E-state index in [2.05, 4.69) is 69.5 Å². The number of anilines is 2. The molecule has 2 bridgehead atoms. The highest BCUT2D eigenvalue weighted by Gasteiger charge is 2.35. The Balaban J connectivity index is 0.000000449. The highest BCUT2D eigenvalue weighted by atomic mass is 16.5. The number of fused-ring (bicyclic) bond motifs is 4. The van der Waals surface area contributed by atoms with Crippen LogP contribution in [0.15, 0.2) is 36.4 Å². The normalized spacial score (nSPS) is 21.8. The van der Waals surface area contributed by atoms with Crippen LogP contribution in [0.5, 0.6) is 6.01 Å². The SMILES string of the molecule is CN1CCCC1.COc1nc2c(c(N3CC4CCC(C3)N4)n1)CCN(c1cccc3cccc(CCCC#N)c13)C2. The van der Waals surface area contributed by atoms with Gasteiger partial charge < -0.3 is 24.8 Å². The molecule has 3 fully saturated rings. The van der Waals surface area contributed by atoms with E-state index in [1.165, 1.54) is 66.4 Å². The Morgan fingerprint density at radius 3 is 2.44 bits per heavy atom. The summed E-state index contributed by atoms with van der Waals surface area (Å²) in [5, 5.41) is 15.3. The first-order valence-electron chi connectivity index (χ1n) is 15.4. The van der Waals surface area contributed by atoms with Crippen LogP contribution in [-0.4, -0.2) is 73.8 Å². The van der Waals surface area contributed by atoms with Gasteiger partial charge in [0, 0.05) is 54.8 Å². The molecule has 3 saturated heterocycles. The fraction of sp³-hybridized carbons (Fsp3) is 0.545. The molecule has 4 aliphatic heterocycles. The molecule has 8 nitrogen and oxygen atoms in total. The van der Waals surface area contributed by atoms with Gasteiger partial charge in [0.05, 0.1) is 25.4 Å². The summed E-state index contributed by atoms with van der Waals surface area (Å²) in [5.74, 6) is 1.07. The van der Waals surface area contributed by atoms with Gasteiger partial charge in [-0.2, -0.15) is 15.2 Å². The van der Waals surface area contributed by atoms with Crippen LogP contribution in [-0.2, 0) is 19.4 Å². The second-order valence-corrected chi connectivity index (χ2v) is 12.0. The van der Waals surface area contributed by atoms with Crippen LogP contribution in [0, 0.1) is 11.3 Å². The number of nitrogens with zero attached hydrogens (tertiary/aromatic N) is 6. The predicted octanol–water partition coefficient (Wildman–Crippen LogP) is 4.70. The first-order chi connectivity index (χ1) is 20.1. The molecule has 7 rings (SSSR count). The fourth-order valence-electron chi connectivity index (χ4n) is 7.02. The number of hydrogen-bond donors (Lipinski definition) is 1. The van der Waals surface area contributed by atoms with E-state index in [0.29, 0.717) is 24.5 Å². The maximum Gasteiger partial charge on any atom is 0.318 e. The summed E-state index contributed by atoms with van der Waals surface area (Å²) in [5.41, 5.74) is 4.91. The van der Waals surface area contributed by atoms with E-state index in [9.17, 15) is 0 Å².